The average molecular weight is 180 g/mol. The van der Waals surface area contributed by atoms with E-state index in [0.29, 0.717) is 12.3 Å². The van der Waals surface area contributed by atoms with Crippen molar-refractivity contribution in [2.75, 3.05) is 7.05 Å². The van der Waals surface area contributed by atoms with Gasteiger partial charge in [-0.25, -0.2) is 0 Å². The highest BCUT2D eigenvalue weighted by molar-refractivity contribution is 5.43. The first-order valence-corrected chi connectivity index (χ1v) is 4.20. The topological polar surface area (TPSA) is 54.4 Å². The molecule has 1 aromatic heterocycles. The lowest BCUT2D eigenvalue weighted by Gasteiger charge is -2.11. The molecule has 4 nitrogen and oxygen atoms in total. The van der Waals surface area contributed by atoms with Crippen molar-refractivity contribution in [1.82, 2.24) is 10.3 Å². The van der Waals surface area contributed by atoms with Crippen LogP contribution in [0.5, 0.6) is 5.75 Å². The van der Waals surface area contributed by atoms with Crippen LogP contribution >= 0.6 is 0 Å². The maximum atomic E-state index is 9.74. The minimum absolute atomic E-state index is 0.198. The van der Waals surface area contributed by atoms with Gasteiger partial charge in [0.25, 0.3) is 0 Å². The van der Waals surface area contributed by atoms with Gasteiger partial charge in [-0.3, -0.25) is 10.3 Å². The molecule has 70 valence electrons. The Kier molecular flexibility index (Phi) is 1.94. The number of pyridine rings is 1. The van der Waals surface area contributed by atoms with Gasteiger partial charge < -0.3 is 9.84 Å². The third-order valence-corrected chi connectivity index (χ3v) is 2.29. The van der Waals surface area contributed by atoms with Gasteiger partial charge in [-0.1, -0.05) is 0 Å². The first kappa shape index (κ1) is 8.47. The molecule has 2 heterocycles. The largest absolute Gasteiger partial charge is 0.506 e. The summed E-state index contributed by atoms with van der Waals surface area (Å²) in [5.74, 6) is 0.245. The molecule has 0 amide bonds. The number of hydrogen-bond donors (Lipinski definition) is 2. The van der Waals surface area contributed by atoms with Crippen LogP contribution in [0.15, 0.2) is 6.20 Å². The van der Waals surface area contributed by atoms with E-state index < -0.39 is 0 Å². The summed E-state index contributed by atoms with van der Waals surface area (Å²) in [4.78, 5) is 4.06. The Hall–Kier alpha value is -1.13. The highest BCUT2D eigenvalue weighted by Crippen LogP contribution is 2.35. The van der Waals surface area contributed by atoms with Gasteiger partial charge in [0.1, 0.15) is 12.0 Å². The SMILES string of the molecule is CNC1OCc2cnc(C)c(O)c21. The van der Waals surface area contributed by atoms with E-state index in [2.05, 4.69) is 10.3 Å². The summed E-state index contributed by atoms with van der Waals surface area (Å²) in [7, 11) is 1.80. The van der Waals surface area contributed by atoms with Crippen LogP contribution < -0.4 is 5.32 Å². The zero-order valence-electron chi connectivity index (χ0n) is 7.66. The van der Waals surface area contributed by atoms with Crippen LogP contribution in [-0.4, -0.2) is 17.1 Å². The van der Waals surface area contributed by atoms with Crippen molar-refractivity contribution in [1.29, 1.82) is 0 Å². The number of hydrogen-bond acceptors (Lipinski definition) is 4. The predicted octanol–water partition coefficient (Wildman–Crippen LogP) is 0.844. The lowest BCUT2D eigenvalue weighted by atomic mass is 10.1. The number of fused-ring (bicyclic) bond motifs is 1. The van der Waals surface area contributed by atoms with E-state index >= 15 is 0 Å². The van der Waals surface area contributed by atoms with Crippen molar-refractivity contribution < 1.29 is 9.84 Å². The molecule has 0 radical (unpaired) electrons. The molecule has 2 N–H and O–H groups in total. The van der Waals surface area contributed by atoms with Crippen LogP contribution in [0.1, 0.15) is 23.0 Å². The zero-order valence-corrected chi connectivity index (χ0v) is 7.66. The molecular weight excluding hydrogens is 168 g/mol. The van der Waals surface area contributed by atoms with E-state index in [9.17, 15) is 5.11 Å². The highest BCUT2D eigenvalue weighted by atomic mass is 16.5. The number of nitrogens with zero attached hydrogens (tertiary/aromatic N) is 1. The van der Waals surface area contributed by atoms with Crippen molar-refractivity contribution in [3.63, 3.8) is 0 Å². The van der Waals surface area contributed by atoms with Gasteiger partial charge in [0, 0.05) is 17.3 Å². The van der Waals surface area contributed by atoms with Crippen LogP contribution in [0, 0.1) is 6.92 Å². The molecule has 1 atom stereocenters. The smallest absolute Gasteiger partial charge is 0.144 e. The normalized spacial score (nSPS) is 20.3. The maximum Gasteiger partial charge on any atom is 0.144 e. The van der Waals surface area contributed by atoms with Crippen LogP contribution in [0.3, 0.4) is 0 Å². The van der Waals surface area contributed by atoms with E-state index in [1.165, 1.54) is 0 Å². The molecule has 0 fully saturated rings. The zero-order chi connectivity index (χ0) is 9.42. The maximum absolute atomic E-state index is 9.74. The Labute approximate surface area is 76.6 Å². The summed E-state index contributed by atoms with van der Waals surface area (Å²) in [6.45, 7) is 2.29. The van der Waals surface area contributed by atoms with E-state index in [4.69, 9.17) is 4.74 Å². The fraction of sp³-hybridized carbons (Fsp3) is 0.444. The molecule has 0 aromatic carbocycles. The van der Waals surface area contributed by atoms with Gasteiger partial charge in [-0.15, -0.1) is 0 Å². The Morgan fingerprint density at radius 3 is 3.15 bits per heavy atom. The minimum atomic E-state index is -0.198. The number of nitrogens with one attached hydrogen (secondary N) is 1. The number of aromatic nitrogens is 1. The summed E-state index contributed by atoms with van der Waals surface area (Å²) in [6.07, 6.45) is 1.55. The standard InChI is InChI=1S/C9H12N2O2/c1-5-8(12)7-6(3-11-5)4-13-9(7)10-2/h3,9-10,12H,4H2,1-2H3. The van der Waals surface area contributed by atoms with Crippen LogP contribution in [-0.2, 0) is 11.3 Å². The van der Waals surface area contributed by atoms with E-state index in [1.807, 2.05) is 0 Å². The van der Waals surface area contributed by atoms with Crippen molar-refractivity contribution in [2.24, 2.45) is 0 Å². The van der Waals surface area contributed by atoms with Gasteiger partial charge in [0.15, 0.2) is 0 Å². The fourth-order valence-electron chi connectivity index (χ4n) is 1.54. The van der Waals surface area contributed by atoms with E-state index in [0.717, 1.165) is 11.1 Å². The van der Waals surface area contributed by atoms with Gasteiger partial charge in [-0.05, 0) is 14.0 Å². The molecule has 0 saturated carbocycles. The quantitative estimate of drug-likeness (QED) is 0.672. The molecule has 0 spiro atoms. The highest BCUT2D eigenvalue weighted by Gasteiger charge is 2.26. The second-order valence-corrected chi connectivity index (χ2v) is 3.11. The predicted molar refractivity (Wildman–Crippen MR) is 47.2 cm³/mol. The van der Waals surface area contributed by atoms with E-state index in [-0.39, 0.29) is 12.0 Å². The second-order valence-electron chi connectivity index (χ2n) is 3.11. The third kappa shape index (κ3) is 1.18. The minimum Gasteiger partial charge on any atom is -0.506 e. The lowest BCUT2D eigenvalue weighted by Crippen LogP contribution is -2.15. The summed E-state index contributed by atoms with van der Waals surface area (Å²) in [5, 5.41) is 12.7. The first-order valence-electron chi connectivity index (χ1n) is 4.20. The molecule has 0 aliphatic carbocycles. The van der Waals surface area contributed by atoms with Gasteiger partial charge >= 0.3 is 0 Å². The monoisotopic (exact) mass is 180 g/mol. The number of rotatable bonds is 1. The molecule has 13 heavy (non-hydrogen) atoms. The molecule has 1 aliphatic heterocycles. The van der Waals surface area contributed by atoms with E-state index in [1.54, 1.807) is 20.2 Å². The number of aromatic hydroxyl groups is 1. The fourth-order valence-corrected chi connectivity index (χ4v) is 1.54. The molecule has 1 unspecified atom stereocenters. The Morgan fingerprint density at radius 1 is 1.69 bits per heavy atom. The summed E-state index contributed by atoms with van der Waals surface area (Å²) in [5.41, 5.74) is 2.43. The van der Waals surface area contributed by atoms with Crippen molar-refractivity contribution in [3.05, 3.63) is 23.0 Å². The van der Waals surface area contributed by atoms with Crippen molar-refractivity contribution in [3.8, 4) is 5.75 Å². The average Bonchev–Trinajstić information content (AvgIpc) is 2.55. The van der Waals surface area contributed by atoms with Gasteiger partial charge in [0.05, 0.1) is 12.3 Å². The summed E-state index contributed by atoms with van der Waals surface area (Å²) in [6, 6.07) is 0. The van der Waals surface area contributed by atoms with Crippen molar-refractivity contribution >= 4 is 0 Å². The second kappa shape index (κ2) is 2.97. The molecule has 1 aromatic rings. The molecule has 0 saturated heterocycles. The molecular formula is C9H12N2O2. The molecule has 2 rings (SSSR count). The lowest BCUT2D eigenvalue weighted by molar-refractivity contribution is 0.0464. The molecule has 0 bridgehead atoms. The summed E-state index contributed by atoms with van der Waals surface area (Å²) < 4.78 is 5.40. The Balaban J connectivity index is 2.54. The van der Waals surface area contributed by atoms with Crippen molar-refractivity contribution in [2.45, 2.75) is 19.8 Å². The number of ether oxygens (including phenoxy) is 1. The van der Waals surface area contributed by atoms with Gasteiger partial charge in [0.2, 0.25) is 0 Å². The third-order valence-electron chi connectivity index (χ3n) is 2.29. The molecule has 4 heteroatoms. The number of aryl methyl sites for hydroxylation is 1. The van der Waals surface area contributed by atoms with Crippen LogP contribution in [0.4, 0.5) is 0 Å². The molecule has 1 aliphatic rings. The van der Waals surface area contributed by atoms with Crippen LogP contribution in [0.2, 0.25) is 0 Å². The van der Waals surface area contributed by atoms with Crippen LogP contribution in [0.25, 0.3) is 0 Å². The summed E-state index contributed by atoms with van der Waals surface area (Å²) >= 11 is 0. The first-order chi connectivity index (χ1) is 6.24. The van der Waals surface area contributed by atoms with Gasteiger partial charge in [-0.2, -0.15) is 0 Å². The Bertz CT molecular complexity index is 339. The Morgan fingerprint density at radius 2 is 2.46 bits per heavy atom.